The van der Waals surface area contributed by atoms with Crippen LogP contribution < -0.4 is 15.4 Å². The topological polar surface area (TPSA) is 66.0 Å². The predicted molar refractivity (Wildman–Crippen MR) is 114 cm³/mol. The third-order valence-corrected chi connectivity index (χ3v) is 3.49. The third kappa shape index (κ3) is 10.9. The highest BCUT2D eigenvalue weighted by Gasteiger charge is 2.06. The number of benzene rings is 1. The lowest BCUT2D eigenvalue weighted by Gasteiger charge is -2.17. The summed E-state index contributed by atoms with van der Waals surface area (Å²) in [6, 6.07) is 10.1. The van der Waals surface area contributed by atoms with Gasteiger partial charge in [-0.1, -0.05) is 25.1 Å². The molecule has 6 nitrogen and oxygen atoms in total. The fourth-order valence-electron chi connectivity index (χ4n) is 1.76. The van der Waals surface area contributed by atoms with Crippen molar-refractivity contribution in [3.63, 3.8) is 0 Å². The van der Waals surface area contributed by atoms with Crippen LogP contribution in [0.25, 0.3) is 0 Å². The van der Waals surface area contributed by atoms with Gasteiger partial charge in [-0.2, -0.15) is 0 Å². The average Bonchev–Trinajstić information content (AvgIpc) is 2.59. The standard InChI is InChI=1S/C18H30N4O2.HI/c1-5-15(2)21-18(20-14-17(23)22(3)4)19-12-9-13-24-16-10-7-6-8-11-16;/h6-8,10-11,15H,5,9,12-14H2,1-4H3,(H2,19,20,21);1H. The van der Waals surface area contributed by atoms with Gasteiger partial charge in [0.15, 0.2) is 5.96 Å². The Kier molecular flexibility index (Phi) is 12.9. The summed E-state index contributed by atoms with van der Waals surface area (Å²) in [6.45, 7) is 5.69. The van der Waals surface area contributed by atoms with Crippen molar-refractivity contribution in [2.45, 2.75) is 32.7 Å². The van der Waals surface area contributed by atoms with Crippen molar-refractivity contribution < 1.29 is 9.53 Å². The van der Waals surface area contributed by atoms with E-state index < -0.39 is 0 Å². The van der Waals surface area contributed by atoms with Gasteiger partial charge in [0, 0.05) is 26.7 Å². The third-order valence-electron chi connectivity index (χ3n) is 3.49. The van der Waals surface area contributed by atoms with Gasteiger partial charge >= 0.3 is 0 Å². The first kappa shape index (κ1) is 23.5. The lowest BCUT2D eigenvalue weighted by atomic mass is 10.3. The van der Waals surface area contributed by atoms with Gasteiger partial charge in [0.05, 0.1) is 6.61 Å². The van der Waals surface area contributed by atoms with Crippen LogP contribution >= 0.6 is 24.0 Å². The van der Waals surface area contributed by atoms with E-state index in [1.807, 2.05) is 30.3 Å². The number of hydrogen-bond donors (Lipinski definition) is 2. The first-order chi connectivity index (χ1) is 11.5. The maximum atomic E-state index is 11.7. The second-order valence-electron chi connectivity index (χ2n) is 5.85. The molecule has 0 aliphatic rings. The number of aliphatic imine (C=N–C) groups is 1. The summed E-state index contributed by atoms with van der Waals surface area (Å²) in [5.41, 5.74) is 0. The highest BCUT2D eigenvalue weighted by molar-refractivity contribution is 14.0. The quantitative estimate of drug-likeness (QED) is 0.256. The molecule has 0 saturated carbocycles. The summed E-state index contributed by atoms with van der Waals surface area (Å²) in [4.78, 5) is 17.6. The van der Waals surface area contributed by atoms with E-state index in [1.54, 1.807) is 14.1 Å². The van der Waals surface area contributed by atoms with Gasteiger partial charge in [0.2, 0.25) is 5.91 Å². The van der Waals surface area contributed by atoms with Crippen LogP contribution in [0.4, 0.5) is 0 Å². The lowest BCUT2D eigenvalue weighted by molar-refractivity contribution is -0.127. The van der Waals surface area contributed by atoms with Crippen LogP contribution in [-0.4, -0.2) is 56.6 Å². The Morgan fingerprint density at radius 2 is 1.96 bits per heavy atom. The van der Waals surface area contributed by atoms with Crippen LogP contribution in [0.2, 0.25) is 0 Å². The Bertz CT molecular complexity index is 509. The lowest BCUT2D eigenvalue weighted by Crippen LogP contribution is -2.43. The van der Waals surface area contributed by atoms with Gasteiger partial charge in [-0.3, -0.25) is 4.79 Å². The number of para-hydroxylation sites is 1. The minimum absolute atomic E-state index is 0. The van der Waals surface area contributed by atoms with E-state index in [0.717, 1.165) is 25.1 Å². The number of rotatable bonds is 9. The molecule has 142 valence electrons. The molecule has 0 bridgehead atoms. The smallest absolute Gasteiger partial charge is 0.243 e. The number of likely N-dealkylation sites (N-methyl/N-ethyl adjacent to an activating group) is 1. The number of ether oxygens (including phenoxy) is 1. The molecule has 0 saturated heterocycles. The van der Waals surface area contributed by atoms with Crippen LogP contribution in [0, 0.1) is 0 Å². The molecule has 0 radical (unpaired) electrons. The maximum Gasteiger partial charge on any atom is 0.243 e. The molecule has 0 aromatic heterocycles. The van der Waals surface area contributed by atoms with Crippen molar-refractivity contribution in [2.75, 3.05) is 33.8 Å². The number of nitrogens with zero attached hydrogens (tertiary/aromatic N) is 2. The molecule has 0 spiro atoms. The number of amides is 1. The van der Waals surface area contributed by atoms with Crippen molar-refractivity contribution in [3.05, 3.63) is 30.3 Å². The summed E-state index contributed by atoms with van der Waals surface area (Å²) < 4.78 is 5.66. The van der Waals surface area contributed by atoms with Crippen LogP contribution in [0.15, 0.2) is 35.3 Å². The molecule has 7 heteroatoms. The van der Waals surface area contributed by atoms with E-state index in [1.165, 1.54) is 4.90 Å². The molecule has 0 aliphatic carbocycles. The van der Waals surface area contributed by atoms with Gasteiger partial charge in [0.25, 0.3) is 0 Å². The average molecular weight is 462 g/mol. The molecule has 1 aromatic carbocycles. The van der Waals surface area contributed by atoms with E-state index in [4.69, 9.17) is 4.74 Å². The molecule has 0 heterocycles. The Labute approximate surface area is 168 Å². The summed E-state index contributed by atoms with van der Waals surface area (Å²) in [7, 11) is 3.46. The SMILES string of the molecule is CCC(C)NC(=NCC(=O)N(C)C)NCCCOc1ccccc1.I. The largest absolute Gasteiger partial charge is 0.494 e. The highest BCUT2D eigenvalue weighted by atomic mass is 127. The van der Waals surface area contributed by atoms with Gasteiger partial charge in [0.1, 0.15) is 12.3 Å². The zero-order valence-electron chi connectivity index (χ0n) is 15.6. The zero-order valence-corrected chi connectivity index (χ0v) is 17.9. The van der Waals surface area contributed by atoms with Crippen molar-refractivity contribution in [1.29, 1.82) is 0 Å². The molecular weight excluding hydrogens is 431 g/mol. The van der Waals surface area contributed by atoms with Crippen molar-refractivity contribution >= 4 is 35.8 Å². The fraction of sp³-hybridized carbons (Fsp3) is 0.556. The normalized spacial score (nSPS) is 11.9. The summed E-state index contributed by atoms with van der Waals surface area (Å²) in [6.07, 6.45) is 1.83. The van der Waals surface area contributed by atoms with Crippen molar-refractivity contribution in [1.82, 2.24) is 15.5 Å². The molecular formula is C18H31IN4O2. The van der Waals surface area contributed by atoms with Crippen molar-refractivity contribution in [2.24, 2.45) is 4.99 Å². The minimum atomic E-state index is -0.0207. The second kappa shape index (κ2) is 13.7. The van der Waals surface area contributed by atoms with Crippen LogP contribution in [0.3, 0.4) is 0 Å². The summed E-state index contributed by atoms with van der Waals surface area (Å²) in [5, 5.41) is 6.55. The number of nitrogens with one attached hydrogen (secondary N) is 2. The van der Waals surface area contributed by atoms with Crippen molar-refractivity contribution in [3.8, 4) is 5.75 Å². The van der Waals surface area contributed by atoms with E-state index in [2.05, 4.69) is 29.5 Å². The predicted octanol–water partition coefficient (Wildman–Crippen LogP) is 2.50. The van der Waals surface area contributed by atoms with E-state index in [0.29, 0.717) is 18.6 Å². The number of carbonyl (C=O) groups excluding carboxylic acids is 1. The van der Waals surface area contributed by atoms with Crippen LogP contribution in [-0.2, 0) is 4.79 Å². The first-order valence-corrected chi connectivity index (χ1v) is 8.45. The Hall–Kier alpha value is -1.51. The molecule has 1 amide bonds. The zero-order chi connectivity index (χ0) is 17.8. The van der Waals surface area contributed by atoms with E-state index in [-0.39, 0.29) is 36.4 Å². The van der Waals surface area contributed by atoms with Crippen LogP contribution in [0.5, 0.6) is 5.75 Å². The molecule has 1 aromatic rings. The molecule has 1 atom stereocenters. The molecule has 0 aliphatic heterocycles. The maximum absolute atomic E-state index is 11.7. The summed E-state index contributed by atoms with van der Waals surface area (Å²) in [5.74, 6) is 1.52. The van der Waals surface area contributed by atoms with Gasteiger partial charge in [-0.15, -0.1) is 24.0 Å². The van der Waals surface area contributed by atoms with Gasteiger partial charge in [-0.25, -0.2) is 4.99 Å². The van der Waals surface area contributed by atoms with E-state index >= 15 is 0 Å². The number of carbonyl (C=O) groups is 1. The molecule has 25 heavy (non-hydrogen) atoms. The van der Waals surface area contributed by atoms with Gasteiger partial charge in [-0.05, 0) is 31.9 Å². The highest BCUT2D eigenvalue weighted by Crippen LogP contribution is 2.07. The number of halogens is 1. The monoisotopic (exact) mass is 462 g/mol. The fourth-order valence-corrected chi connectivity index (χ4v) is 1.76. The Morgan fingerprint density at radius 3 is 2.56 bits per heavy atom. The second-order valence-corrected chi connectivity index (χ2v) is 5.85. The number of guanidine groups is 1. The van der Waals surface area contributed by atoms with Gasteiger partial charge < -0.3 is 20.3 Å². The molecule has 2 N–H and O–H groups in total. The van der Waals surface area contributed by atoms with Crippen LogP contribution in [0.1, 0.15) is 26.7 Å². The Balaban J connectivity index is 0.00000576. The molecule has 1 unspecified atom stereocenters. The number of hydrogen-bond acceptors (Lipinski definition) is 3. The first-order valence-electron chi connectivity index (χ1n) is 8.45. The summed E-state index contributed by atoms with van der Waals surface area (Å²) >= 11 is 0. The Morgan fingerprint density at radius 1 is 1.28 bits per heavy atom. The molecule has 0 fully saturated rings. The molecule has 1 rings (SSSR count). The minimum Gasteiger partial charge on any atom is -0.494 e. The van der Waals surface area contributed by atoms with E-state index in [9.17, 15) is 4.79 Å².